The van der Waals surface area contributed by atoms with Gasteiger partial charge in [-0.2, -0.15) is 5.10 Å². The number of hydrogen-bond acceptors (Lipinski definition) is 3. The van der Waals surface area contributed by atoms with E-state index in [9.17, 15) is 4.79 Å². The van der Waals surface area contributed by atoms with Crippen molar-refractivity contribution in [3.8, 4) is 5.69 Å². The molecular weight excluding hydrogens is 264 g/mol. The van der Waals surface area contributed by atoms with Crippen LogP contribution in [0.25, 0.3) is 5.69 Å². The monoisotopic (exact) mass is 284 g/mol. The summed E-state index contributed by atoms with van der Waals surface area (Å²) in [7, 11) is 1.87. The number of fused-ring (bicyclic) bond motifs is 1. The van der Waals surface area contributed by atoms with Gasteiger partial charge in [0, 0.05) is 24.3 Å². The van der Waals surface area contributed by atoms with Gasteiger partial charge < -0.3 is 10.6 Å². The summed E-state index contributed by atoms with van der Waals surface area (Å²) in [5.41, 5.74) is 3.90. The molecule has 0 saturated heterocycles. The summed E-state index contributed by atoms with van der Waals surface area (Å²) >= 11 is 0. The van der Waals surface area contributed by atoms with E-state index < -0.39 is 0 Å². The molecule has 1 aliphatic rings. The summed E-state index contributed by atoms with van der Waals surface area (Å²) in [6.07, 6.45) is 3.02. The molecule has 1 amide bonds. The molecule has 0 spiro atoms. The lowest BCUT2D eigenvalue weighted by Gasteiger charge is -2.05. The minimum atomic E-state index is -0.0712. The van der Waals surface area contributed by atoms with Crippen molar-refractivity contribution in [3.05, 3.63) is 47.3 Å². The largest absolute Gasteiger partial charge is 0.349 e. The summed E-state index contributed by atoms with van der Waals surface area (Å²) in [4.78, 5) is 12.3. The predicted octanol–water partition coefficient (Wildman–Crippen LogP) is 1.31. The van der Waals surface area contributed by atoms with Crippen LogP contribution in [0, 0.1) is 0 Å². The van der Waals surface area contributed by atoms with Crippen molar-refractivity contribution in [2.45, 2.75) is 19.3 Å². The summed E-state index contributed by atoms with van der Waals surface area (Å²) < 4.78 is 1.93. The Hall–Kier alpha value is -2.14. The lowest BCUT2D eigenvalue weighted by atomic mass is 10.2. The Bertz CT molecular complexity index is 633. The second-order valence-electron chi connectivity index (χ2n) is 5.23. The molecule has 0 atom stereocenters. The summed E-state index contributed by atoms with van der Waals surface area (Å²) in [6.45, 7) is 1.37. The fourth-order valence-electron chi connectivity index (χ4n) is 2.79. The van der Waals surface area contributed by atoms with Crippen LogP contribution in [0.5, 0.6) is 0 Å². The molecule has 0 aliphatic heterocycles. The van der Waals surface area contributed by atoms with Crippen LogP contribution in [0.3, 0.4) is 0 Å². The summed E-state index contributed by atoms with van der Waals surface area (Å²) in [5, 5.41) is 10.5. The zero-order valence-electron chi connectivity index (χ0n) is 12.2. The minimum absolute atomic E-state index is 0.0712. The van der Waals surface area contributed by atoms with Gasteiger partial charge in [0.15, 0.2) is 5.69 Å². The fraction of sp³-hybridized carbons (Fsp3) is 0.375. The second kappa shape index (κ2) is 6.10. The minimum Gasteiger partial charge on any atom is -0.349 e. The van der Waals surface area contributed by atoms with Gasteiger partial charge in [-0.15, -0.1) is 0 Å². The van der Waals surface area contributed by atoms with E-state index in [0.717, 1.165) is 37.1 Å². The molecule has 0 saturated carbocycles. The van der Waals surface area contributed by atoms with Crippen LogP contribution < -0.4 is 10.6 Å². The van der Waals surface area contributed by atoms with Gasteiger partial charge in [0.25, 0.3) is 5.91 Å². The first-order valence-electron chi connectivity index (χ1n) is 7.40. The van der Waals surface area contributed by atoms with Gasteiger partial charge in [0.1, 0.15) is 0 Å². The quantitative estimate of drug-likeness (QED) is 0.814. The highest BCUT2D eigenvalue weighted by molar-refractivity contribution is 5.94. The SMILES string of the molecule is CNCCNC(=O)c1nn(-c2ccccc2)c2c1CCC2. The number of aromatic nitrogens is 2. The molecule has 0 unspecified atom stereocenters. The average molecular weight is 284 g/mol. The number of nitrogens with one attached hydrogen (secondary N) is 2. The third-order valence-corrected chi connectivity index (χ3v) is 3.81. The highest BCUT2D eigenvalue weighted by Crippen LogP contribution is 2.27. The first-order valence-corrected chi connectivity index (χ1v) is 7.40. The second-order valence-corrected chi connectivity index (χ2v) is 5.23. The number of para-hydroxylation sites is 1. The van der Waals surface area contributed by atoms with Crippen molar-refractivity contribution < 1.29 is 4.79 Å². The Balaban J connectivity index is 1.91. The standard InChI is InChI=1S/C16H20N4O/c1-17-10-11-18-16(21)15-13-8-5-9-14(13)20(19-15)12-6-3-2-4-7-12/h2-4,6-7,17H,5,8-11H2,1H3,(H,18,21). The lowest BCUT2D eigenvalue weighted by Crippen LogP contribution is -2.31. The Labute approximate surface area is 124 Å². The van der Waals surface area contributed by atoms with Crippen LogP contribution in [-0.2, 0) is 12.8 Å². The van der Waals surface area contributed by atoms with E-state index in [0.29, 0.717) is 12.2 Å². The highest BCUT2D eigenvalue weighted by Gasteiger charge is 2.26. The molecule has 1 aliphatic carbocycles. The van der Waals surface area contributed by atoms with Crippen molar-refractivity contribution >= 4 is 5.91 Å². The van der Waals surface area contributed by atoms with Crippen molar-refractivity contribution in [2.75, 3.05) is 20.1 Å². The molecule has 2 N–H and O–H groups in total. The molecule has 0 fully saturated rings. The van der Waals surface area contributed by atoms with Gasteiger partial charge in [-0.1, -0.05) is 18.2 Å². The topological polar surface area (TPSA) is 58.9 Å². The van der Waals surface area contributed by atoms with Gasteiger partial charge in [0.05, 0.1) is 5.69 Å². The van der Waals surface area contributed by atoms with Crippen molar-refractivity contribution in [1.29, 1.82) is 0 Å². The number of benzene rings is 1. The summed E-state index contributed by atoms with van der Waals surface area (Å²) in [5.74, 6) is -0.0712. The maximum absolute atomic E-state index is 12.3. The summed E-state index contributed by atoms with van der Waals surface area (Å²) in [6, 6.07) is 10.0. The van der Waals surface area contributed by atoms with E-state index in [1.165, 1.54) is 5.69 Å². The average Bonchev–Trinajstić information content (AvgIpc) is 3.10. The maximum atomic E-state index is 12.3. The van der Waals surface area contributed by atoms with Crippen LogP contribution in [0.15, 0.2) is 30.3 Å². The molecule has 0 radical (unpaired) electrons. The molecule has 110 valence electrons. The van der Waals surface area contributed by atoms with Crippen LogP contribution in [0.1, 0.15) is 28.2 Å². The first kappa shape index (κ1) is 13.8. The molecule has 1 aromatic heterocycles. The van der Waals surface area contributed by atoms with E-state index in [1.54, 1.807) is 0 Å². The van der Waals surface area contributed by atoms with Crippen molar-refractivity contribution in [3.63, 3.8) is 0 Å². The van der Waals surface area contributed by atoms with Gasteiger partial charge in [-0.3, -0.25) is 4.79 Å². The van der Waals surface area contributed by atoms with E-state index in [-0.39, 0.29) is 5.91 Å². The number of amides is 1. The molecule has 1 heterocycles. The van der Waals surface area contributed by atoms with E-state index in [4.69, 9.17) is 0 Å². The van der Waals surface area contributed by atoms with Crippen molar-refractivity contribution in [1.82, 2.24) is 20.4 Å². The Morgan fingerprint density at radius 2 is 2.05 bits per heavy atom. The maximum Gasteiger partial charge on any atom is 0.272 e. The first-order chi connectivity index (χ1) is 10.3. The number of hydrogen-bond donors (Lipinski definition) is 2. The zero-order chi connectivity index (χ0) is 14.7. The number of carbonyl (C=O) groups is 1. The molecule has 3 rings (SSSR count). The Morgan fingerprint density at radius 3 is 2.81 bits per heavy atom. The van der Waals surface area contributed by atoms with Crippen LogP contribution >= 0.6 is 0 Å². The fourth-order valence-corrected chi connectivity index (χ4v) is 2.79. The van der Waals surface area contributed by atoms with Gasteiger partial charge in [0.2, 0.25) is 0 Å². The third kappa shape index (κ3) is 2.69. The number of rotatable bonds is 5. The molecule has 2 aromatic rings. The van der Waals surface area contributed by atoms with Crippen LogP contribution in [0.4, 0.5) is 0 Å². The molecule has 21 heavy (non-hydrogen) atoms. The highest BCUT2D eigenvalue weighted by atomic mass is 16.1. The van der Waals surface area contributed by atoms with Crippen LogP contribution in [0.2, 0.25) is 0 Å². The molecule has 5 nitrogen and oxygen atoms in total. The lowest BCUT2D eigenvalue weighted by molar-refractivity contribution is 0.0948. The predicted molar refractivity (Wildman–Crippen MR) is 81.8 cm³/mol. The van der Waals surface area contributed by atoms with E-state index >= 15 is 0 Å². The van der Waals surface area contributed by atoms with Crippen molar-refractivity contribution in [2.24, 2.45) is 0 Å². The van der Waals surface area contributed by atoms with Gasteiger partial charge >= 0.3 is 0 Å². The molecule has 1 aromatic carbocycles. The zero-order valence-corrected chi connectivity index (χ0v) is 12.2. The smallest absolute Gasteiger partial charge is 0.272 e. The van der Waals surface area contributed by atoms with Crippen LogP contribution in [-0.4, -0.2) is 35.8 Å². The molecule has 5 heteroatoms. The number of likely N-dealkylation sites (N-methyl/N-ethyl adjacent to an activating group) is 1. The van der Waals surface area contributed by atoms with Gasteiger partial charge in [-0.25, -0.2) is 4.68 Å². The molecule has 0 bridgehead atoms. The number of nitrogens with zero attached hydrogens (tertiary/aromatic N) is 2. The van der Waals surface area contributed by atoms with E-state index in [1.807, 2.05) is 42.1 Å². The number of carbonyl (C=O) groups excluding carboxylic acids is 1. The third-order valence-electron chi connectivity index (χ3n) is 3.81. The molecular formula is C16H20N4O. The van der Waals surface area contributed by atoms with Gasteiger partial charge in [-0.05, 0) is 38.4 Å². The normalized spacial score (nSPS) is 13.2. The van der Waals surface area contributed by atoms with E-state index in [2.05, 4.69) is 15.7 Å². The Kier molecular flexibility index (Phi) is 4.01. The Morgan fingerprint density at radius 1 is 1.24 bits per heavy atom.